The number of nitrogens with zero attached hydrogens (tertiary/aromatic N) is 5. The van der Waals surface area contributed by atoms with Crippen LogP contribution in [0, 0.1) is 30.1 Å². The zero-order valence-corrected chi connectivity index (χ0v) is 25.4. The first-order chi connectivity index (χ1) is 21.3. The molecule has 0 bridgehead atoms. The molecular formula is C37H22N5OPt-3. The maximum Gasteiger partial charge on any atom is 0.135 e. The van der Waals surface area contributed by atoms with E-state index < -0.39 is 0 Å². The van der Waals surface area contributed by atoms with Crippen LogP contribution in [0.25, 0.3) is 27.6 Å². The molecule has 214 valence electrons. The van der Waals surface area contributed by atoms with Crippen molar-refractivity contribution in [3.8, 4) is 23.4 Å². The summed E-state index contributed by atoms with van der Waals surface area (Å²) in [6.45, 7) is 2.03. The number of fused-ring (bicyclic) bond motifs is 4. The van der Waals surface area contributed by atoms with Crippen LogP contribution in [-0.2, 0) is 21.1 Å². The van der Waals surface area contributed by atoms with Crippen molar-refractivity contribution < 1.29 is 25.8 Å². The van der Waals surface area contributed by atoms with Crippen LogP contribution in [0.1, 0.15) is 5.56 Å². The first-order valence-corrected chi connectivity index (χ1v) is 13.9. The van der Waals surface area contributed by atoms with Gasteiger partial charge in [0, 0.05) is 67.4 Å². The molecule has 0 atom stereocenters. The number of hydrogen-bond acceptors (Lipinski definition) is 5. The van der Waals surface area contributed by atoms with Gasteiger partial charge in [-0.25, -0.2) is 10.2 Å². The summed E-state index contributed by atoms with van der Waals surface area (Å²) in [6.07, 6.45) is 1.78. The van der Waals surface area contributed by atoms with Gasteiger partial charge in [0.25, 0.3) is 0 Å². The van der Waals surface area contributed by atoms with Gasteiger partial charge in [-0.05, 0) is 53.4 Å². The fourth-order valence-corrected chi connectivity index (χ4v) is 5.64. The average molecular weight is 748 g/mol. The first-order valence-electron chi connectivity index (χ1n) is 13.9. The summed E-state index contributed by atoms with van der Waals surface area (Å²) < 4.78 is 8.45. The Balaban J connectivity index is 0.00000312. The fraction of sp³-hybridized carbons (Fsp3) is 0. The van der Waals surface area contributed by atoms with Crippen molar-refractivity contribution in [3.63, 3.8) is 0 Å². The number of nitriles is 1. The zero-order chi connectivity index (χ0) is 28.8. The van der Waals surface area contributed by atoms with Crippen LogP contribution in [0.15, 0.2) is 128 Å². The molecular weight excluding hydrogens is 726 g/mol. The summed E-state index contributed by atoms with van der Waals surface area (Å²) in [5.41, 5.74) is 6.11. The van der Waals surface area contributed by atoms with Gasteiger partial charge in [0.1, 0.15) is 5.82 Å². The first kappa shape index (κ1) is 27.5. The molecule has 0 N–H and O–H groups in total. The number of pyridine rings is 1. The molecule has 0 unspecified atom stereocenters. The Morgan fingerprint density at radius 1 is 0.705 bits per heavy atom. The molecule has 0 fully saturated rings. The van der Waals surface area contributed by atoms with Crippen LogP contribution >= 0.6 is 0 Å². The molecule has 1 aliphatic rings. The number of benzene rings is 5. The molecule has 7 heteroatoms. The second kappa shape index (κ2) is 11.4. The van der Waals surface area contributed by atoms with E-state index in [1.807, 2.05) is 85.5 Å². The summed E-state index contributed by atoms with van der Waals surface area (Å²) in [5.74, 6) is 1.61. The van der Waals surface area contributed by atoms with Gasteiger partial charge in [-0.2, -0.15) is 6.07 Å². The Bertz CT molecular complexity index is 2170. The maximum atomic E-state index is 9.96. The molecule has 0 saturated carbocycles. The van der Waals surface area contributed by atoms with Gasteiger partial charge < -0.3 is 19.1 Å². The van der Waals surface area contributed by atoms with E-state index in [1.54, 1.807) is 12.3 Å². The summed E-state index contributed by atoms with van der Waals surface area (Å²) in [6, 6.07) is 49.1. The van der Waals surface area contributed by atoms with Gasteiger partial charge in [0.15, 0.2) is 0 Å². The van der Waals surface area contributed by atoms with Gasteiger partial charge in [-0.1, -0.05) is 60.1 Å². The third-order valence-electron chi connectivity index (χ3n) is 7.59. The quantitative estimate of drug-likeness (QED) is 0.165. The smallest absolute Gasteiger partial charge is 0.135 e. The normalized spacial score (nSPS) is 12.2. The van der Waals surface area contributed by atoms with E-state index in [4.69, 9.17) is 4.74 Å². The number of para-hydroxylation sites is 4. The van der Waals surface area contributed by atoms with Crippen molar-refractivity contribution in [2.75, 3.05) is 9.80 Å². The summed E-state index contributed by atoms with van der Waals surface area (Å²) in [5, 5.41) is 12.1. The molecule has 2 aromatic heterocycles. The molecule has 5 aromatic carbocycles. The number of rotatable bonds is 5. The van der Waals surface area contributed by atoms with E-state index in [1.165, 1.54) is 0 Å². The van der Waals surface area contributed by atoms with Gasteiger partial charge in [-0.15, -0.1) is 48.1 Å². The van der Waals surface area contributed by atoms with Gasteiger partial charge in [0.2, 0.25) is 0 Å². The van der Waals surface area contributed by atoms with Crippen molar-refractivity contribution in [2.45, 2.75) is 0 Å². The SMILES string of the molecule is N#Cc1ccc(N2[CH-]N(c3ccccc3)c3ccccc32)[c-]c1Oc1[c-]c2c(cc1)c1ccccc1n2-c1ccccn1.[Pt]. The van der Waals surface area contributed by atoms with Crippen molar-refractivity contribution in [2.24, 2.45) is 0 Å². The van der Waals surface area contributed by atoms with Gasteiger partial charge >= 0.3 is 0 Å². The third-order valence-corrected chi connectivity index (χ3v) is 7.59. The third kappa shape index (κ3) is 4.59. The van der Waals surface area contributed by atoms with E-state index in [2.05, 4.69) is 74.0 Å². The molecule has 0 saturated heterocycles. The van der Waals surface area contributed by atoms with Crippen LogP contribution < -0.4 is 14.5 Å². The minimum absolute atomic E-state index is 0. The monoisotopic (exact) mass is 747 g/mol. The van der Waals surface area contributed by atoms with Crippen molar-refractivity contribution in [1.82, 2.24) is 9.55 Å². The predicted molar refractivity (Wildman–Crippen MR) is 169 cm³/mol. The Labute approximate surface area is 269 Å². The van der Waals surface area contributed by atoms with Crippen molar-refractivity contribution >= 4 is 44.6 Å². The molecule has 0 spiro atoms. The summed E-state index contributed by atoms with van der Waals surface area (Å²) in [4.78, 5) is 8.80. The zero-order valence-electron chi connectivity index (χ0n) is 23.2. The Hall–Kier alpha value is -5.37. The van der Waals surface area contributed by atoms with Crippen LogP contribution in [-0.4, -0.2) is 9.55 Å². The maximum absolute atomic E-state index is 9.96. The fourth-order valence-electron chi connectivity index (χ4n) is 5.64. The molecule has 44 heavy (non-hydrogen) atoms. The molecule has 7 aromatic rings. The Kier molecular flexibility index (Phi) is 7.10. The number of aromatic nitrogens is 2. The molecule has 1 aliphatic heterocycles. The van der Waals surface area contributed by atoms with E-state index in [0.29, 0.717) is 17.1 Å². The number of ether oxygens (including phenoxy) is 1. The number of hydrogen-bond donors (Lipinski definition) is 0. The summed E-state index contributed by atoms with van der Waals surface area (Å²) in [7, 11) is 0. The van der Waals surface area contributed by atoms with Crippen molar-refractivity contribution in [1.29, 1.82) is 5.26 Å². The molecule has 0 aliphatic carbocycles. The average Bonchev–Trinajstić information content (AvgIpc) is 3.62. The van der Waals surface area contributed by atoms with E-state index in [9.17, 15) is 5.26 Å². The van der Waals surface area contributed by atoms with E-state index in [-0.39, 0.29) is 21.1 Å². The minimum atomic E-state index is 0. The molecule has 3 heterocycles. The van der Waals surface area contributed by atoms with Crippen molar-refractivity contribution in [3.05, 3.63) is 152 Å². The Morgan fingerprint density at radius 3 is 2.25 bits per heavy atom. The second-order valence-electron chi connectivity index (χ2n) is 10.1. The van der Waals surface area contributed by atoms with E-state index in [0.717, 1.165) is 50.4 Å². The van der Waals surface area contributed by atoms with Crippen LogP contribution in [0.4, 0.5) is 22.7 Å². The van der Waals surface area contributed by atoms with E-state index >= 15 is 0 Å². The minimum Gasteiger partial charge on any atom is -0.508 e. The van der Waals surface area contributed by atoms with Crippen LogP contribution in [0.3, 0.4) is 0 Å². The van der Waals surface area contributed by atoms with Gasteiger partial charge in [0.05, 0.1) is 0 Å². The summed E-state index contributed by atoms with van der Waals surface area (Å²) >= 11 is 0. The Morgan fingerprint density at radius 2 is 1.45 bits per heavy atom. The predicted octanol–water partition coefficient (Wildman–Crippen LogP) is 8.85. The largest absolute Gasteiger partial charge is 0.508 e. The van der Waals surface area contributed by atoms with Gasteiger partial charge in [-0.3, -0.25) is 0 Å². The molecule has 6 nitrogen and oxygen atoms in total. The van der Waals surface area contributed by atoms with Crippen LogP contribution in [0.2, 0.25) is 0 Å². The topological polar surface area (TPSA) is 57.3 Å². The van der Waals surface area contributed by atoms with Crippen LogP contribution in [0.5, 0.6) is 11.5 Å². The number of anilines is 4. The second-order valence-corrected chi connectivity index (χ2v) is 10.1. The standard InChI is InChI=1S/C37H22N5O.Pt/c38-24-26-17-18-28(41-25-40(27-10-2-1-3-11-27)33-14-6-7-15-34(33)41)22-36(26)43-29-19-20-31-30-12-4-5-13-32(30)42(35(31)23-29)37-16-8-9-21-39-37;/h1-21,25H;/q-3;. The molecule has 0 amide bonds. The molecule has 0 radical (unpaired) electrons. The molecule has 8 rings (SSSR count).